The fourth-order valence-corrected chi connectivity index (χ4v) is 2.27. The molecule has 1 rings (SSSR count). The van der Waals surface area contributed by atoms with Crippen LogP contribution in [-0.2, 0) is 23.9 Å². The zero-order valence-corrected chi connectivity index (χ0v) is 16.4. The van der Waals surface area contributed by atoms with Crippen LogP contribution in [0.1, 0.15) is 49.4 Å². The highest BCUT2D eigenvalue weighted by Crippen LogP contribution is 2.13. The molecule has 29 heavy (non-hydrogen) atoms. The summed E-state index contributed by atoms with van der Waals surface area (Å²) in [5.74, 6) is -2.20. The van der Waals surface area contributed by atoms with E-state index >= 15 is 0 Å². The minimum atomic E-state index is -1.07. The number of hydrogen-bond acceptors (Lipinski definition) is 7. The lowest BCUT2D eigenvalue weighted by atomic mass is 10.1. The van der Waals surface area contributed by atoms with Crippen molar-refractivity contribution < 1.29 is 38.5 Å². The summed E-state index contributed by atoms with van der Waals surface area (Å²) in [7, 11) is 0. The predicted molar refractivity (Wildman–Crippen MR) is 103 cm³/mol. The molecule has 0 amide bonds. The maximum atomic E-state index is 11.7. The lowest BCUT2D eigenvalue weighted by Crippen LogP contribution is -2.13. The highest BCUT2D eigenvalue weighted by atomic mass is 16.5. The molecule has 0 aliphatic heterocycles. The first-order valence-corrected chi connectivity index (χ1v) is 9.30. The largest absolute Gasteiger partial charge is 0.478 e. The molecule has 0 aliphatic rings. The Labute approximate surface area is 169 Å². The van der Waals surface area contributed by atoms with Crippen LogP contribution in [0.4, 0.5) is 0 Å². The Morgan fingerprint density at radius 1 is 1.03 bits per heavy atom. The molecule has 0 bridgehead atoms. The predicted octanol–water partition coefficient (Wildman–Crippen LogP) is 3.15. The van der Waals surface area contributed by atoms with Crippen molar-refractivity contribution in [3.05, 3.63) is 42.5 Å². The molecule has 8 nitrogen and oxygen atoms in total. The van der Waals surface area contributed by atoms with E-state index in [1.54, 1.807) is 0 Å². The average molecular weight is 406 g/mol. The normalized spacial score (nSPS) is 11.2. The zero-order valence-electron chi connectivity index (χ0n) is 16.4. The molecule has 1 atom stereocenters. The van der Waals surface area contributed by atoms with Gasteiger partial charge in [-0.2, -0.15) is 0 Å². The van der Waals surface area contributed by atoms with E-state index in [2.05, 4.69) is 6.58 Å². The number of benzene rings is 1. The molecule has 0 fully saturated rings. The topological polar surface area (TPSA) is 116 Å². The Balaban J connectivity index is 2.12. The average Bonchev–Trinajstić information content (AvgIpc) is 2.70. The number of unbranched alkanes of at least 4 members (excludes halogenated alkanes) is 1. The number of aromatic carboxylic acids is 1. The van der Waals surface area contributed by atoms with Crippen molar-refractivity contribution in [2.45, 2.75) is 39.0 Å². The van der Waals surface area contributed by atoms with Gasteiger partial charge >= 0.3 is 23.9 Å². The van der Waals surface area contributed by atoms with Crippen LogP contribution in [0, 0.1) is 5.92 Å². The summed E-state index contributed by atoms with van der Waals surface area (Å²) in [5, 5.41) is 8.81. The maximum Gasteiger partial charge on any atom is 0.335 e. The monoisotopic (exact) mass is 406 g/mol. The Kier molecular flexibility index (Phi) is 10.8. The van der Waals surface area contributed by atoms with Crippen LogP contribution in [0.5, 0.6) is 5.75 Å². The number of carboxylic acid groups (broad SMARTS) is 1. The molecule has 1 N–H and O–H groups in total. The van der Waals surface area contributed by atoms with Crippen LogP contribution in [0.2, 0.25) is 0 Å². The van der Waals surface area contributed by atoms with Crippen LogP contribution >= 0.6 is 0 Å². The zero-order chi connectivity index (χ0) is 21.6. The molecule has 1 aromatic rings. The number of carbonyl (C=O) groups is 4. The molecule has 158 valence electrons. The second-order valence-corrected chi connectivity index (χ2v) is 6.46. The molecule has 1 aromatic carbocycles. The second-order valence-electron chi connectivity index (χ2n) is 6.46. The van der Waals surface area contributed by atoms with Gasteiger partial charge in [-0.25, -0.2) is 9.59 Å². The van der Waals surface area contributed by atoms with Crippen molar-refractivity contribution in [3.8, 4) is 5.75 Å². The SMILES string of the molecule is C=CC(=O)OCC(C)CCCCOC(=O)CCC(=O)Oc1ccc(C(=O)O)cc1. The first-order chi connectivity index (χ1) is 13.8. The highest BCUT2D eigenvalue weighted by molar-refractivity contribution is 5.87. The van der Waals surface area contributed by atoms with Crippen molar-refractivity contribution in [1.82, 2.24) is 0 Å². The summed E-state index contributed by atoms with van der Waals surface area (Å²) >= 11 is 0. The van der Waals surface area contributed by atoms with Gasteiger partial charge in [0.1, 0.15) is 5.75 Å². The van der Waals surface area contributed by atoms with Crippen molar-refractivity contribution in [3.63, 3.8) is 0 Å². The van der Waals surface area contributed by atoms with E-state index in [-0.39, 0.29) is 36.7 Å². The van der Waals surface area contributed by atoms with E-state index in [9.17, 15) is 19.2 Å². The number of ether oxygens (including phenoxy) is 3. The Bertz CT molecular complexity index is 708. The Hall–Kier alpha value is -3.16. The first kappa shape index (κ1) is 23.9. The summed E-state index contributed by atoms with van der Waals surface area (Å²) in [4.78, 5) is 45.1. The van der Waals surface area contributed by atoms with Gasteiger partial charge in [0.15, 0.2) is 0 Å². The van der Waals surface area contributed by atoms with Crippen LogP contribution in [0.15, 0.2) is 36.9 Å². The van der Waals surface area contributed by atoms with E-state index in [0.717, 1.165) is 18.9 Å². The maximum absolute atomic E-state index is 11.7. The van der Waals surface area contributed by atoms with Crippen LogP contribution in [-0.4, -0.2) is 42.2 Å². The second kappa shape index (κ2) is 13.1. The van der Waals surface area contributed by atoms with E-state index < -0.39 is 23.9 Å². The summed E-state index contributed by atoms with van der Waals surface area (Å²) in [6.45, 7) is 5.87. The molecule has 0 aromatic heterocycles. The van der Waals surface area contributed by atoms with E-state index in [1.165, 1.54) is 24.3 Å². The van der Waals surface area contributed by atoms with Crippen molar-refractivity contribution in [1.29, 1.82) is 0 Å². The number of esters is 3. The van der Waals surface area contributed by atoms with Gasteiger partial charge in [0.25, 0.3) is 0 Å². The third-order valence-corrected chi connectivity index (χ3v) is 3.90. The number of carbonyl (C=O) groups excluding carboxylic acids is 3. The molecule has 0 spiro atoms. The van der Waals surface area contributed by atoms with Crippen molar-refractivity contribution in [2.75, 3.05) is 13.2 Å². The third kappa shape index (κ3) is 10.7. The number of carboxylic acids is 1. The standard InChI is InChI=1S/C21H26O8/c1-3-18(22)28-14-15(2)6-4-5-13-27-19(23)11-12-20(24)29-17-9-7-16(8-10-17)21(25)26/h3,7-10,15H,1,4-6,11-14H2,2H3,(H,25,26). The molecular formula is C21H26O8. The van der Waals surface area contributed by atoms with Crippen LogP contribution < -0.4 is 4.74 Å². The molecular weight excluding hydrogens is 380 g/mol. The lowest BCUT2D eigenvalue weighted by molar-refractivity contribution is -0.147. The van der Waals surface area contributed by atoms with Gasteiger partial charge < -0.3 is 19.3 Å². The van der Waals surface area contributed by atoms with Gasteiger partial charge in [0.05, 0.1) is 31.6 Å². The minimum absolute atomic E-state index is 0.0838. The molecule has 0 saturated carbocycles. The Morgan fingerprint density at radius 3 is 2.31 bits per heavy atom. The summed E-state index contributed by atoms with van der Waals surface area (Å²) < 4.78 is 15.1. The van der Waals surface area contributed by atoms with E-state index in [4.69, 9.17) is 19.3 Å². The number of rotatable bonds is 13. The summed E-state index contributed by atoms with van der Waals surface area (Å²) in [6, 6.07) is 5.39. The van der Waals surface area contributed by atoms with Gasteiger partial charge in [-0.3, -0.25) is 9.59 Å². The third-order valence-electron chi connectivity index (χ3n) is 3.90. The quantitative estimate of drug-likeness (QED) is 0.230. The van der Waals surface area contributed by atoms with Gasteiger partial charge in [0.2, 0.25) is 0 Å². The van der Waals surface area contributed by atoms with E-state index in [1.807, 2.05) is 6.92 Å². The highest BCUT2D eigenvalue weighted by Gasteiger charge is 2.11. The molecule has 0 heterocycles. The van der Waals surface area contributed by atoms with Crippen LogP contribution in [0.3, 0.4) is 0 Å². The van der Waals surface area contributed by atoms with Gasteiger partial charge in [0, 0.05) is 6.08 Å². The van der Waals surface area contributed by atoms with Crippen LogP contribution in [0.25, 0.3) is 0 Å². The molecule has 8 heteroatoms. The van der Waals surface area contributed by atoms with Crippen molar-refractivity contribution in [2.24, 2.45) is 5.92 Å². The summed E-state index contributed by atoms with van der Waals surface area (Å²) in [6.07, 6.45) is 3.21. The fourth-order valence-electron chi connectivity index (χ4n) is 2.27. The lowest BCUT2D eigenvalue weighted by Gasteiger charge is -2.11. The minimum Gasteiger partial charge on any atom is -0.478 e. The van der Waals surface area contributed by atoms with Gasteiger partial charge in [-0.1, -0.05) is 13.5 Å². The number of hydrogen-bond donors (Lipinski definition) is 1. The molecule has 1 unspecified atom stereocenters. The first-order valence-electron chi connectivity index (χ1n) is 9.30. The van der Waals surface area contributed by atoms with Gasteiger partial charge in [-0.05, 0) is 49.4 Å². The molecule has 0 aliphatic carbocycles. The fraction of sp³-hybridized carbons (Fsp3) is 0.429. The smallest absolute Gasteiger partial charge is 0.335 e. The van der Waals surface area contributed by atoms with Crippen molar-refractivity contribution >= 4 is 23.9 Å². The summed E-state index contributed by atoms with van der Waals surface area (Å²) in [5.41, 5.74) is 0.0838. The van der Waals surface area contributed by atoms with E-state index in [0.29, 0.717) is 13.0 Å². The molecule has 0 saturated heterocycles. The van der Waals surface area contributed by atoms with Gasteiger partial charge in [-0.15, -0.1) is 0 Å². The Morgan fingerprint density at radius 2 is 1.69 bits per heavy atom. The molecule has 0 radical (unpaired) electrons.